The number of ketones is 1. The third kappa shape index (κ3) is 3.26. The van der Waals surface area contributed by atoms with Gasteiger partial charge >= 0.3 is 6.18 Å². The monoisotopic (exact) mass is 266 g/mol. The molecule has 2 N–H and O–H groups in total. The Bertz CT molecular complexity index is 403. The van der Waals surface area contributed by atoms with Gasteiger partial charge in [-0.15, -0.1) is 11.3 Å². The van der Waals surface area contributed by atoms with Gasteiger partial charge in [-0.1, -0.05) is 20.3 Å². The summed E-state index contributed by atoms with van der Waals surface area (Å²) in [6.45, 7) is 3.65. The summed E-state index contributed by atoms with van der Waals surface area (Å²) < 4.78 is 36.9. The maximum Gasteiger partial charge on any atom is 0.443 e. The second kappa shape index (κ2) is 5.14. The first kappa shape index (κ1) is 14.1. The molecule has 2 unspecified atom stereocenters. The highest BCUT2D eigenvalue weighted by Gasteiger charge is 2.36. The number of nitrogens with two attached hydrogens (primary N) is 1. The van der Waals surface area contributed by atoms with E-state index in [4.69, 9.17) is 5.73 Å². The number of nitrogens with zero attached hydrogens (tertiary/aromatic N) is 1. The average molecular weight is 266 g/mol. The molecule has 1 rings (SSSR count). The number of carbonyl (C=O) groups is 1. The van der Waals surface area contributed by atoms with E-state index in [2.05, 4.69) is 4.98 Å². The number of alkyl halides is 3. The van der Waals surface area contributed by atoms with Gasteiger partial charge in [0.2, 0.25) is 0 Å². The SMILES string of the molecule is CCC(C)C(N)C(=O)c1cnc(C(F)(F)F)s1. The fraction of sp³-hybridized carbons (Fsp3) is 0.600. The lowest BCUT2D eigenvalue weighted by atomic mass is 9.96. The number of hydrogen-bond acceptors (Lipinski definition) is 4. The van der Waals surface area contributed by atoms with E-state index in [0.29, 0.717) is 17.8 Å². The molecule has 1 aromatic heterocycles. The van der Waals surface area contributed by atoms with E-state index in [-0.39, 0.29) is 10.8 Å². The van der Waals surface area contributed by atoms with E-state index in [1.165, 1.54) is 0 Å². The molecule has 0 aromatic carbocycles. The molecule has 0 radical (unpaired) electrons. The Balaban J connectivity index is 2.87. The topological polar surface area (TPSA) is 56.0 Å². The molecule has 3 nitrogen and oxygen atoms in total. The summed E-state index contributed by atoms with van der Waals surface area (Å²) in [5, 5.41) is -1.02. The van der Waals surface area contributed by atoms with Crippen LogP contribution in [-0.4, -0.2) is 16.8 Å². The zero-order valence-electron chi connectivity index (χ0n) is 9.41. The van der Waals surface area contributed by atoms with Gasteiger partial charge in [0.1, 0.15) is 0 Å². The molecule has 0 amide bonds. The summed E-state index contributed by atoms with van der Waals surface area (Å²) in [7, 11) is 0. The van der Waals surface area contributed by atoms with Crippen LogP contribution in [0.25, 0.3) is 0 Å². The Labute approximate surface area is 101 Å². The van der Waals surface area contributed by atoms with Crippen LogP contribution in [0.3, 0.4) is 0 Å². The van der Waals surface area contributed by atoms with E-state index >= 15 is 0 Å². The summed E-state index contributed by atoms with van der Waals surface area (Å²) >= 11 is 0.338. The standard InChI is InChI=1S/C10H13F3N2OS/c1-3-5(2)7(14)8(16)6-4-15-9(17-6)10(11,12)13/h4-5,7H,3,14H2,1-2H3. The molecule has 7 heteroatoms. The Kier molecular flexibility index (Phi) is 4.26. The third-order valence-corrected chi connectivity index (χ3v) is 3.61. The number of hydrogen-bond donors (Lipinski definition) is 1. The molecule has 0 bridgehead atoms. The lowest BCUT2D eigenvalue weighted by Crippen LogP contribution is -2.36. The van der Waals surface area contributed by atoms with Crippen LogP contribution in [0.5, 0.6) is 0 Å². The van der Waals surface area contributed by atoms with E-state index in [1.807, 2.05) is 6.92 Å². The summed E-state index contributed by atoms with van der Waals surface area (Å²) in [5.41, 5.74) is 5.67. The van der Waals surface area contributed by atoms with Crippen molar-refractivity contribution in [3.8, 4) is 0 Å². The summed E-state index contributed by atoms with van der Waals surface area (Å²) in [5.74, 6) is -0.550. The number of aromatic nitrogens is 1. The Hall–Kier alpha value is -0.950. The molecule has 17 heavy (non-hydrogen) atoms. The van der Waals surface area contributed by atoms with Gasteiger partial charge in [0, 0.05) is 6.20 Å². The minimum atomic E-state index is -4.51. The summed E-state index contributed by atoms with van der Waals surface area (Å²) in [4.78, 5) is 14.9. The van der Waals surface area contributed by atoms with Crippen LogP contribution in [-0.2, 0) is 6.18 Å². The maximum atomic E-state index is 12.3. The molecular weight excluding hydrogens is 253 g/mol. The first-order chi connectivity index (χ1) is 7.77. The van der Waals surface area contributed by atoms with Crippen molar-refractivity contribution >= 4 is 17.1 Å². The van der Waals surface area contributed by atoms with Crippen LogP contribution >= 0.6 is 11.3 Å². The summed E-state index contributed by atoms with van der Waals surface area (Å²) in [6.07, 6.45) is -2.88. The van der Waals surface area contributed by atoms with E-state index in [1.54, 1.807) is 6.92 Å². The van der Waals surface area contributed by atoms with Crippen molar-refractivity contribution < 1.29 is 18.0 Å². The van der Waals surface area contributed by atoms with Gasteiger partial charge in [0.15, 0.2) is 10.8 Å². The van der Waals surface area contributed by atoms with Gasteiger partial charge in [-0.05, 0) is 5.92 Å². The quantitative estimate of drug-likeness (QED) is 0.852. The molecule has 96 valence electrons. The molecule has 0 saturated carbocycles. The second-order valence-electron chi connectivity index (χ2n) is 3.80. The average Bonchev–Trinajstić information content (AvgIpc) is 2.74. The molecule has 0 saturated heterocycles. The largest absolute Gasteiger partial charge is 0.443 e. The van der Waals surface area contributed by atoms with Crippen LogP contribution in [0.4, 0.5) is 13.2 Å². The normalized spacial score (nSPS) is 15.6. The zero-order chi connectivity index (χ0) is 13.2. The molecule has 1 heterocycles. The number of rotatable bonds is 4. The van der Waals surface area contributed by atoms with Gasteiger partial charge in [-0.3, -0.25) is 4.79 Å². The fourth-order valence-electron chi connectivity index (χ4n) is 1.20. The lowest BCUT2D eigenvalue weighted by molar-refractivity contribution is -0.137. The van der Waals surface area contributed by atoms with Gasteiger partial charge in [0.25, 0.3) is 0 Å². The molecule has 0 spiro atoms. The first-order valence-corrected chi connectivity index (χ1v) is 5.91. The Morgan fingerprint density at radius 1 is 1.59 bits per heavy atom. The van der Waals surface area contributed by atoms with Crippen LogP contribution in [0.15, 0.2) is 6.20 Å². The number of Topliss-reactive ketones (excluding diaryl/α,β-unsaturated/α-hetero) is 1. The van der Waals surface area contributed by atoms with Crippen LogP contribution in [0.1, 0.15) is 34.9 Å². The van der Waals surface area contributed by atoms with Gasteiger partial charge < -0.3 is 5.73 Å². The predicted octanol–water partition coefficient (Wildman–Crippen LogP) is 2.72. The van der Waals surface area contributed by atoms with Crippen molar-refractivity contribution in [1.82, 2.24) is 4.98 Å². The highest BCUT2D eigenvalue weighted by atomic mass is 32.1. The van der Waals surface area contributed by atoms with Gasteiger partial charge in [-0.25, -0.2) is 4.98 Å². The van der Waals surface area contributed by atoms with Crippen molar-refractivity contribution in [2.24, 2.45) is 11.7 Å². The van der Waals surface area contributed by atoms with Crippen molar-refractivity contribution in [2.75, 3.05) is 0 Å². The molecule has 0 aliphatic carbocycles. The van der Waals surface area contributed by atoms with Crippen molar-refractivity contribution in [3.63, 3.8) is 0 Å². The van der Waals surface area contributed by atoms with Crippen molar-refractivity contribution in [3.05, 3.63) is 16.1 Å². The van der Waals surface area contributed by atoms with Crippen LogP contribution in [0.2, 0.25) is 0 Å². The zero-order valence-corrected chi connectivity index (χ0v) is 10.2. The third-order valence-electron chi connectivity index (χ3n) is 2.55. The maximum absolute atomic E-state index is 12.3. The van der Waals surface area contributed by atoms with Crippen molar-refractivity contribution in [2.45, 2.75) is 32.5 Å². The Morgan fingerprint density at radius 3 is 2.59 bits per heavy atom. The van der Waals surface area contributed by atoms with Gasteiger partial charge in [-0.2, -0.15) is 13.2 Å². The van der Waals surface area contributed by atoms with Gasteiger partial charge in [0.05, 0.1) is 10.9 Å². The highest BCUT2D eigenvalue weighted by Crippen LogP contribution is 2.32. The van der Waals surface area contributed by atoms with E-state index < -0.39 is 23.0 Å². The molecule has 0 aliphatic rings. The predicted molar refractivity (Wildman–Crippen MR) is 58.9 cm³/mol. The molecule has 1 aromatic rings. The highest BCUT2D eigenvalue weighted by molar-refractivity contribution is 7.13. The molecular formula is C10H13F3N2OS. The Morgan fingerprint density at radius 2 is 2.18 bits per heavy atom. The minimum absolute atomic E-state index is 0.0369. The fourth-order valence-corrected chi connectivity index (χ4v) is 1.97. The summed E-state index contributed by atoms with van der Waals surface area (Å²) in [6, 6.07) is -0.776. The number of halogens is 3. The lowest BCUT2D eigenvalue weighted by Gasteiger charge is -2.15. The van der Waals surface area contributed by atoms with E-state index in [9.17, 15) is 18.0 Å². The smallest absolute Gasteiger partial charge is 0.321 e. The first-order valence-electron chi connectivity index (χ1n) is 5.10. The van der Waals surface area contributed by atoms with Crippen molar-refractivity contribution in [1.29, 1.82) is 0 Å². The van der Waals surface area contributed by atoms with Crippen LogP contribution in [0, 0.1) is 5.92 Å². The molecule has 2 atom stereocenters. The number of thiazole rings is 1. The minimum Gasteiger partial charge on any atom is -0.321 e. The number of carbonyl (C=O) groups excluding carboxylic acids is 1. The molecule has 0 fully saturated rings. The molecule has 0 aliphatic heterocycles. The van der Waals surface area contributed by atoms with Crippen LogP contribution < -0.4 is 5.73 Å². The second-order valence-corrected chi connectivity index (χ2v) is 4.83. The van der Waals surface area contributed by atoms with E-state index in [0.717, 1.165) is 6.20 Å².